The summed E-state index contributed by atoms with van der Waals surface area (Å²) >= 11 is 0. The molecule has 0 saturated heterocycles. The van der Waals surface area contributed by atoms with E-state index >= 15 is 0 Å². The van der Waals surface area contributed by atoms with Gasteiger partial charge in [0.15, 0.2) is 5.69 Å². The lowest BCUT2D eigenvalue weighted by molar-refractivity contribution is 0.0944. The van der Waals surface area contributed by atoms with Gasteiger partial charge in [-0.05, 0) is 26.3 Å². The summed E-state index contributed by atoms with van der Waals surface area (Å²) < 4.78 is 4.82. The molecule has 90 valence electrons. The number of rotatable bonds is 7. The molecule has 0 aliphatic carbocycles. The molecule has 1 rings (SSSR count). The highest BCUT2D eigenvalue weighted by Crippen LogP contribution is 2.01. The van der Waals surface area contributed by atoms with Crippen LogP contribution < -0.4 is 11.1 Å². The first-order valence-electron chi connectivity index (χ1n) is 5.65. The Morgan fingerprint density at radius 3 is 2.81 bits per heavy atom. The minimum Gasteiger partial charge on any atom is -0.361 e. The Kier molecular flexibility index (Phi) is 5.56. The molecule has 0 aromatic carbocycles. The Morgan fingerprint density at radius 1 is 1.44 bits per heavy atom. The number of unbranched alkanes of at least 4 members (excludes halogenated alkanes) is 3. The molecule has 16 heavy (non-hydrogen) atoms. The predicted molar refractivity (Wildman–Crippen MR) is 61.1 cm³/mol. The van der Waals surface area contributed by atoms with Crippen molar-refractivity contribution in [2.24, 2.45) is 5.73 Å². The Bertz CT molecular complexity index is 323. The van der Waals surface area contributed by atoms with Crippen molar-refractivity contribution in [3.63, 3.8) is 0 Å². The Morgan fingerprint density at radius 2 is 2.19 bits per heavy atom. The summed E-state index contributed by atoms with van der Waals surface area (Å²) in [6, 6.07) is 1.63. The molecule has 3 N–H and O–H groups in total. The zero-order valence-corrected chi connectivity index (χ0v) is 9.66. The molecule has 1 amide bonds. The summed E-state index contributed by atoms with van der Waals surface area (Å²) in [6.45, 7) is 3.18. The molecule has 1 heterocycles. The van der Waals surface area contributed by atoms with Crippen molar-refractivity contribution in [3.8, 4) is 0 Å². The molecule has 0 aliphatic rings. The monoisotopic (exact) mass is 225 g/mol. The summed E-state index contributed by atoms with van der Waals surface area (Å²) in [6.07, 6.45) is 4.24. The molecule has 0 bridgehead atoms. The minimum atomic E-state index is -0.171. The summed E-state index contributed by atoms with van der Waals surface area (Å²) in [4.78, 5) is 11.5. The minimum absolute atomic E-state index is 0.171. The lowest BCUT2D eigenvalue weighted by atomic mass is 10.2. The third-order valence-corrected chi connectivity index (χ3v) is 2.28. The molecule has 0 atom stereocenters. The second-order valence-corrected chi connectivity index (χ2v) is 3.78. The van der Waals surface area contributed by atoms with Gasteiger partial charge >= 0.3 is 0 Å². The fourth-order valence-electron chi connectivity index (χ4n) is 1.39. The van der Waals surface area contributed by atoms with Crippen molar-refractivity contribution in [1.82, 2.24) is 10.5 Å². The third-order valence-electron chi connectivity index (χ3n) is 2.28. The van der Waals surface area contributed by atoms with Crippen molar-refractivity contribution in [2.75, 3.05) is 13.1 Å². The molecule has 0 fully saturated rings. The van der Waals surface area contributed by atoms with Crippen LogP contribution in [0, 0.1) is 6.92 Å². The number of hydrogen-bond acceptors (Lipinski definition) is 4. The van der Waals surface area contributed by atoms with E-state index in [2.05, 4.69) is 10.5 Å². The van der Waals surface area contributed by atoms with Gasteiger partial charge in [-0.25, -0.2) is 0 Å². The van der Waals surface area contributed by atoms with Crippen LogP contribution >= 0.6 is 0 Å². The van der Waals surface area contributed by atoms with E-state index < -0.39 is 0 Å². The standard InChI is InChI=1S/C11H19N3O2/c1-9-8-10(14-16-9)11(15)13-7-5-3-2-4-6-12/h8H,2-7,12H2,1H3,(H,13,15). The number of carbonyl (C=O) groups excluding carboxylic acids is 1. The molecular formula is C11H19N3O2. The van der Waals surface area contributed by atoms with E-state index in [0.717, 1.165) is 32.2 Å². The van der Waals surface area contributed by atoms with E-state index in [0.29, 0.717) is 18.0 Å². The van der Waals surface area contributed by atoms with Crippen molar-refractivity contribution in [3.05, 3.63) is 17.5 Å². The molecule has 0 aliphatic heterocycles. The van der Waals surface area contributed by atoms with E-state index in [9.17, 15) is 4.79 Å². The number of nitrogens with one attached hydrogen (secondary N) is 1. The average molecular weight is 225 g/mol. The van der Waals surface area contributed by atoms with Crippen LogP contribution in [0.3, 0.4) is 0 Å². The van der Waals surface area contributed by atoms with Crippen LogP contribution in [0.5, 0.6) is 0 Å². The first-order valence-corrected chi connectivity index (χ1v) is 5.65. The largest absolute Gasteiger partial charge is 0.361 e. The van der Waals surface area contributed by atoms with Gasteiger partial charge in [-0.15, -0.1) is 0 Å². The Labute approximate surface area is 95.4 Å². The summed E-state index contributed by atoms with van der Waals surface area (Å²) in [7, 11) is 0. The Hall–Kier alpha value is -1.36. The number of carbonyl (C=O) groups is 1. The highest BCUT2D eigenvalue weighted by molar-refractivity contribution is 5.92. The molecule has 0 spiro atoms. The fourth-order valence-corrected chi connectivity index (χ4v) is 1.39. The number of nitrogens with two attached hydrogens (primary N) is 1. The molecule has 5 heteroatoms. The van der Waals surface area contributed by atoms with Gasteiger partial charge < -0.3 is 15.6 Å². The van der Waals surface area contributed by atoms with Gasteiger partial charge in [0.1, 0.15) is 5.76 Å². The van der Waals surface area contributed by atoms with E-state index in [-0.39, 0.29) is 5.91 Å². The maximum Gasteiger partial charge on any atom is 0.273 e. The number of hydrogen-bond donors (Lipinski definition) is 2. The quantitative estimate of drug-likeness (QED) is 0.684. The van der Waals surface area contributed by atoms with Gasteiger partial charge in [-0.2, -0.15) is 0 Å². The van der Waals surface area contributed by atoms with E-state index in [1.807, 2.05) is 0 Å². The molecule has 5 nitrogen and oxygen atoms in total. The fraction of sp³-hybridized carbons (Fsp3) is 0.636. The zero-order chi connectivity index (χ0) is 11.8. The second-order valence-electron chi connectivity index (χ2n) is 3.78. The maximum absolute atomic E-state index is 11.5. The third kappa shape index (κ3) is 4.44. The highest BCUT2D eigenvalue weighted by Gasteiger charge is 2.09. The number of nitrogens with zero attached hydrogens (tertiary/aromatic N) is 1. The van der Waals surface area contributed by atoms with Crippen LogP contribution in [-0.2, 0) is 0 Å². The average Bonchev–Trinajstić information content (AvgIpc) is 2.70. The maximum atomic E-state index is 11.5. The molecule has 0 unspecified atom stereocenters. The Balaban J connectivity index is 2.11. The van der Waals surface area contributed by atoms with Gasteiger partial charge in [-0.3, -0.25) is 4.79 Å². The topological polar surface area (TPSA) is 81.2 Å². The van der Waals surface area contributed by atoms with Crippen LogP contribution in [0.2, 0.25) is 0 Å². The lowest BCUT2D eigenvalue weighted by Gasteiger charge is -2.02. The van der Waals surface area contributed by atoms with E-state index in [1.165, 1.54) is 0 Å². The first-order chi connectivity index (χ1) is 7.74. The normalized spacial score (nSPS) is 10.4. The number of amides is 1. The highest BCUT2D eigenvalue weighted by atomic mass is 16.5. The van der Waals surface area contributed by atoms with Gasteiger partial charge in [0.2, 0.25) is 0 Å². The predicted octanol–water partition coefficient (Wildman–Crippen LogP) is 1.23. The van der Waals surface area contributed by atoms with Gasteiger partial charge in [0.25, 0.3) is 5.91 Å². The second kappa shape index (κ2) is 7.00. The number of aromatic nitrogens is 1. The van der Waals surface area contributed by atoms with Gasteiger partial charge in [0, 0.05) is 12.6 Å². The van der Waals surface area contributed by atoms with Crippen molar-refractivity contribution >= 4 is 5.91 Å². The van der Waals surface area contributed by atoms with Crippen molar-refractivity contribution in [2.45, 2.75) is 32.6 Å². The van der Waals surface area contributed by atoms with E-state index in [1.54, 1.807) is 13.0 Å². The lowest BCUT2D eigenvalue weighted by Crippen LogP contribution is -2.24. The summed E-state index contributed by atoms with van der Waals surface area (Å²) in [5.74, 6) is 0.476. The van der Waals surface area contributed by atoms with Gasteiger partial charge in [0.05, 0.1) is 0 Å². The molecule has 0 saturated carbocycles. The molecule has 1 aromatic heterocycles. The zero-order valence-electron chi connectivity index (χ0n) is 9.66. The molecule has 0 radical (unpaired) electrons. The molecular weight excluding hydrogens is 206 g/mol. The smallest absolute Gasteiger partial charge is 0.273 e. The van der Waals surface area contributed by atoms with Crippen LogP contribution in [0.15, 0.2) is 10.6 Å². The van der Waals surface area contributed by atoms with Crippen LogP contribution in [0.1, 0.15) is 41.9 Å². The molecule has 1 aromatic rings. The van der Waals surface area contributed by atoms with Gasteiger partial charge in [-0.1, -0.05) is 18.0 Å². The van der Waals surface area contributed by atoms with E-state index in [4.69, 9.17) is 10.3 Å². The van der Waals surface area contributed by atoms with Crippen molar-refractivity contribution in [1.29, 1.82) is 0 Å². The number of aryl methyl sites for hydroxylation is 1. The summed E-state index contributed by atoms with van der Waals surface area (Å²) in [5, 5.41) is 6.44. The van der Waals surface area contributed by atoms with Crippen LogP contribution in [-0.4, -0.2) is 24.2 Å². The van der Waals surface area contributed by atoms with Crippen LogP contribution in [0.4, 0.5) is 0 Å². The first kappa shape index (κ1) is 12.7. The SMILES string of the molecule is Cc1cc(C(=O)NCCCCCCN)no1. The summed E-state index contributed by atoms with van der Waals surface area (Å²) in [5.41, 5.74) is 5.73. The van der Waals surface area contributed by atoms with Crippen LogP contribution in [0.25, 0.3) is 0 Å². The van der Waals surface area contributed by atoms with Crippen molar-refractivity contribution < 1.29 is 9.32 Å².